The Hall–Kier alpha value is -1.79. The van der Waals surface area contributed by atoms with Crippen LogP contribution in [-0.2, 0) is 0 Å². The van der Waals surface area contributed by atoms with Gasteiger partial charge in [-0.2, -0.15) is 0 Å². The third kappa shape index (κ3) is 3.84. The van der Waals surface area contributed by atoms with Gasteiger partial charge in [0.05, 0.1) is 12.1 Å². The van der Waals surface area contributed by atoms with Crippen LogP contribution < -0.4 is 5.73 Å². The second-order valence-electron chi connectivity index (χ2n) is 4.95. The van der Waals surface area contributed by atoms with E-state index in [1.54, 1.807) is 4.90 Å². The lowest BCUT2D eigenvalue weighted by atomic mass is 10.0. The van der Waals surface area contributed by atoms with E-state index in [0.717, 1.165) is 5.56 Å². The van der Waals surface area contributed by atoms with Gasteiger partial charge in [-0.25, -0.2) is 0 Å². The van der Waals surface area contributed by atoms with Gasteiger partial charge in [0.25, 0.3) is 5.91 Å². The largest absolute Gasteiger partial charge is 0.339 e. The van der Waals surface area contributed by atoms with Crippen molar-refractivity contribution in [1.82, 2.24) is 4.90 Å². The molecule has 0 aliphatic heterocycles. The average molecular weight is 258 g/mol. The summed E-state index contributed by atoms with van der Waals surface area (Å²) in [7, 11) is 1.83. The number of rotatable bonds is 3. The Morgan fingerprint density at radius 2 is 1.95 bits per heavy atom. The highest BCUT2D eigenvalue weighted by Gasteiger charge is 2.21. The number of nitrogens with two attached hydrogens (primary N) is 1. The van der Waals surface area contributed by atoms with Crippen LogP contribution in [0.3, 0.4) is 0 Å². The molecule has 0 aromatic heterocycles. The van der Waals surface area contributed by atoms with E-state index in [9.17, 15) is 4.79 Å². The van der Waals surface area contributed by atoms with Crippen molar-refractivity contribution in [3.8, 4) is 11.8 Å². The lowest BCUT2D eigenvalue weighted by Crippen LogP contribution is -2.38. The van der Waals surface area contributed by atoms with E-state index in [-0.39, 0.29) is 11.9 Å². The molecule has 1 rings (SSSR count). The van der Waals surface area contributed by atoms with Crippen LogP contribution in [0.1, 0.15) is 36.7 Å². The summed E-state index contributed by atoms with van der Waals surface area (Å²) < 4.78 is 0. The first-order chi connectivity index (χ1) is 8.99. The van der Waals surface area contributed by atoms with Gasteiger partial charge in [-0.1, -0.05) is 37.8 Å². The predicted molar refractivity (Wildman–Crippen MR) is 78.8 cm³/mol. The maximum Gasteiger partial charge on any atom is 0.255 e. The normalized spacial score (nSPS) is 11.7. The minimum absolute atomic E-state index is 0.00289. The summed E-state index contributed by atoms with van der Waals surface area (Å²) in [6, 6.07) is 7.58. The Kier molecular flexibility index (Phi) is 5.59. The minimum atomic E-state index is 0.00289. The number of carbonyl (C=O) groups is 1. The molecule has 3 nitrogen and oxygen atoms in total. The van der Waals surface area contributed by atoms with E-state index in [1.807, 2.05) is 31.3 Å². The number of benzene rings is 1. The molecule has 1 unspecified atom stereocenters. The van der Waals surface area contributed by atoms with Crippen LogP contribution in [0.25, 0.3) is 0 Å². The van der Waals surface area contributed by atoms with Crippen LogP contribution in [0.2, 0.25) is 0 Å². The molecule has 1 amide bonds. The van der Waals surface area contributed by atoms with Crippen LogP contribution in [0, 0.1) is 17.8 Å². The number of hydrogen-bond acceptors (Lipinski definition) is 2. The van der Waals surface area contributed by atoms with Crippen molar-refractivity contribution in [2.24, 2.45) is 11.7 Å². The number of carbonyl (C=O) groups excluding carboxylic acids is 1. The zero-order valence-corrected chi connectivity index (χ0v) is 12.1. The maximum atomic E-state index is 12.5. The topological polar surface area (TPSA) is 46.3 Å². The predicted octanol–water partition coefficient (Wildman–Crippen LogP) is 2.11. The molecule has 19 heavy (non-hydrogen) atoms. The Balaban J connectivity index is 3.06. The van der Waals surface area contributed by atoms with Gasteiger partial charge in [-0.05, 0) is 25.0 Å². The molecule has 1 aromatic carbocycles. The first-order valence-electron chi connectivity index (χ1n) is 6.54. The molecule has 0 aliphatic rings. The van der Waals surface area contributed by atoms with Gasteiger partial charge < -0.3 is 10.6 Å². The Morgan fingerprint density at radius 1 is 1.32 bits per heavy atom. The van der Waals surface area contributed by atoms with Gasteiger partial charge in [0.15, 0.2) is 0 Å². The van der Waals surface area contributed by atoms with Crippen molar-refractivity contribution in [1.29, 1.82) is 0 Å². The molecule has 1 aromatic rings. The summed E-state index contributed by atoms with van der Waals surface area (Å²) in [5.74, 6) is 6.17. The first-order valence-corrected chi connectivity index (χ1v) is 6.54. The summed E-state index contributed by atoms with van der Waals surface area (Å²) in [5, 5.41) is 0. The highest BCUT2D eigenvalue weighted by atomic mass is 16.2. The molecular weight excluding hydrogens is 236 g/mol. The SMILES string of the molecule is CC(C)C(C)N(C)C(=O)c1ccccc1C#CCN. The molecule has 1 atom stereocenters. The quantitative estimate of drug-likeness (QED) is 0.844. The van der Waals surface area contributed by atoms with Gasteiger partial charge in [0.1, 0.15) is 0 Å². The highest BCUT2D eigenvalue weighted by Crippen LogP contribution is 2.15. The van der Waals surface area contributed by atoms with Crippen LogP contribution in [0.15, 0.2) is 24.3 Å². The number of hydrogen-bond donors (Lipinski definition) is 1. The maximum absolute atomic E-state index is 12.5. The van der Waals surface area contributed by atoms with E-state index >= 15 is 0 Å². The molecule has 0 spiro atoms. The molecule has 0 radical (unpaired) electrons. The van der Waals surface area contributed by atoms with Crippen molar-refractivity contribution in [2.75, 3.05) is 13.6 Å². The van der Waals surface area contributed by atoms with Gasteiger partial charge in [0.2, 0.25) is 0 Å². The van der Waals surface area contributed by atoms with Crippen LogP contribution in [0.4, 0.5) is 0 Å². The minimum Gasteiger partial charge on any atom is -0.339 e. The Bertz CT molecular complexity index is 497. The van der Waals surface area contributed by atoms with Crippen molar-refractivity contribution < 1.29 is 4.79 Å². The molecule has 2 N–H and O–H groups in total. The van der Waals surface area contributed by atoms with E-state index < -0.39 is 0 Å². The number of nitrogens with zero attached hydrogens (tertiary/aromatic N) is 1. The summed E-state index contributed by atoms with van der Waals surface area (Å²) in [5.41, 5.74) is 6.76. The summed E-state index contributed by atoms with van der Waals surface area (Å²) in [6.45, 7) is 6.56. The Labute approximate surface area is 115 Å². The third-order valence-corrected chi connectivity index (χ3v) is 3.38. The zero-order valence-electron chi connectivity index (χ0n) is 12.1. The zero-order chi connectivity index (χ0) is 14.4. The fraction of sp³-hybridized carbons (Fsp3) is 0.438. The van der Waals surface area contributed by atoms with E-state index in [2.05, 4.69) is 32.6 Å². The first kappa shape index (κ1) is 15.3. The molecule has 0 heterocycles. The van der Waals surface area contributed by atoms with Crippen LogP contribution in [-0.4, -0.2) is 30.4 Å². The van der Waals surface area contributed by atoms with E-state index in [1.165, 1.54) is 0 Å². The highest BCUT2D eigenvalue weighted by molar-refractivity contribution is 5.96. The lowest BCUT2D eigenvalue weighted by molar-refractivity contribution is 0.0707. The van der Waals surface area contributed by atoms with Gasteiger partial charge >= 0.3 is 0 Å². The average Bonchev–Trinajstić information content (AvgIpc) is 2.42. The van der Waals surface area contributed by atoms with Crippen LogP contribution in [0.5, 0.6) is 0 Å². The molecule has 0 fully saturated rings. The molecular formula is C16H22N2O. The summed E-state index contributed by atoms with van der Waals surface area (Å²) in [4.78, 5) is 14.3. The van der Waals surface area contributed by atoms with Crippen molar-refractivity contribution >= 4 is 5.91 Å². The molecule has 3 heteroatoms. The van der Waals surface area contributed by atoms with Gasteiger partial charge in [0, 0.05) is 18.7 Å². The molecule has 102 valence electrons. The monoisotopic (exact) mass is 258 g/mol. The fourth-order valence-electron chi connectivity index (χ4n) is 1.75. The molecule has 0 saturated carbocycles. The van der Waals surface area contributed by atoms with Gasteiger partial charge in [-0.3, -0.25) is 4.79 Å². The van der Waals surface area contributed by atoms with Crippen molar-refractivity contribution in [3.05, 3.63) is 35.4 Å². The third-order valence-electron chi connectivity index (χ3n) is 3.38. The van der Waals surface area contributed by atoms with Crippen LogP contribution >= 0.6 is 0 Å². The van der Waals surface area contributed by atoms with Gasteiger partial charge in [-0.15, -0.1) is 0 Å². The summed E-state index contributed by atoms with van der Waals surface area (Å²) in [6.07, 6.45) is 0. The molecule has 0 bridgehead atoms. The smallest absolute Gasteiger partial charge is 0.255 e. The number of amides is 1. The van der Waals surface area contributed by atoms with E-state index in [4.69, 9.17) is 5.73 Å². The van der Waals surface area contributed by atoms with Crippen molar-refractivity contribution in [3.63, 3.8) is 0 Å². The molecule has 0 aliphatic carbocycles. The van der Waals surface area contributed by atoms with E-state index in [0.29, 0.717) is 18.0 Å². The Morgan fingerprint density at radius 3 is 2.53 bits per heavy atom. The standard InChI is InChI=1S/C16H22N2O/c1-12(2)13(3)18(4)16(19)15-10-6-5-8-14(15)9-7-11-17/h5-6,8,10,12-13H,11,17H2,1-4H3. The second-order valence-corrected chi connectivity index (χ2v) is 4.95. The fourth-order valence-corrected chi connectivity index (χ4v) is 1.75. The van der Waals surface area contributed by atoms with Crippen molar-refractivity contribution in [2.45, 2.75) is 26.8 Å². The lowest BCUT2D eigenvalue weighted by Gasteiger charge is -2.28. The second kappa shape index (κ2) is 6.96. The summed E-state index contributed by atoms with van der Waals surface area (Å²) >= 11 is 0. The molecule has 0 saturated heterocycles.